The summed E-state index contributed by atoms with van der Waals surface area (Å²) >= 11 is 6.53. The third-order valence-corrected chi connectivity index (χ3v) is 4.55. The number of benzene rings is 1. The number of methoxy groups -OCH3 is 1. The number of nitrogens with two attached hydrogens (primary N) is 1. The van der Waals surface area contributed by atoms with E-state index in [0.29, 0.717) is 27.3 Å². The molecule has 0 unspecified atom stereocenters. The van der Waals surface area contributed by atoms with E-state index < -0.39 is 5.91 Å². The zero-order chi connectivity index (χ0) is 17.7. The van der Waals surface area contributed by atoms with Crippen molar-refractivity contribution in [2.24, 2.45) is 5.73 Å². The van der Waals surface area contributed by atoms with Crippen molar-refractivity contribution >= 4 is 46.2 Å². The van der Waals surface area contributed by atoms with E-state index in [9.17, 15) is 9.59 Å². The Hall–Kier alpha value is -2.06. The lowest BCUT2D eigenvalue weighted by atomic mass is 10.2. The van der Waals surface area contributed by atoms with Crippen molar-refractivity contribution in [2.45, 2.75) is 13.3 Å². The van der Waals surface area contributed by atoms with Crippen LogP contribution in [0, 0.1) is 0 Å². The van der Waals surface area contributed by atoms with Crippen LogP contribution < -0.4 is 15.2 Å². The molecule has 0 saturated carbocycles. The van der Waals surface area contributed by atoms with Gasteiger partial charge in [-0.3, -0.25) is 14.5 Å². The Balaban J connectivity index is 2.22. The van der Waals surface area contributed by atoms with Gasteiger partial charge in [0.1, 0.15) is 4.32 Å². The van der Waals surface area contributed by atoms with E-state index in [1.165, 1.54) is 18.9 Å². The maximum absolute atomic E-state index is 12.4. The third-order valence-electron chi connectivity index (χ3n) is 3.18. The van der Waals surface area contributed by atoms with E-state index in [0.717, 1.165) is 12.0 Å². The molecule has 1 aliphatic heterocycles. The van der Waals surface area contributed by atoms with Gasteiger partial charge in [0.15, 0.2) is 18.1 Å². The minimum Gasteiger partial charge on any atom is -0.493 e. The Morgan fingerprint density at radius 1 is 1.42 bits per heavy atom. The lowest BCUT2D eigenvalue weighted by Gasteiger charge is -2.12. The minimum atomic E-state index is -0.569. The predicted molar refractivity (Wildman–Crippen MR) is 97.9 cm³/mol. The summed E-state index contributed by atoms with van der Waals surface area (Å²) in [5, 5.41) is 0. The van der Waals surface area contributed by atoms with Crippen LogP contribution in [0.5, 0.6) is 11.5 Å². The number of primary amides is 1. The van der Waals surface area contributed by atoms with Crippen LogP contribution in [0.2, 0.25) is 0 Å². The predicted octanol–water partition coefficient (Wildman–Crippen LogP) is 2.17. The summed E-state index contributed by atoms with van der Waals surface area (Å²) < 4.78 is 11.1. The Kier molecular flexibility index (Phi) is 6.22. The fourth-order valence-corrected chi connectivity index (χ4v) is 3.42. The number of thioether (sulfide) groups is 1. The van der Waals surface area contributed by atoms with Crippen molar-refractivity contribution in [3.63, 3.8) is 0 Å². The largest absolute Gasteiger partial charge is 0.493 e. The van der Waals surface area contributed by atoms with Crippen molar-refractivity contribution in [2.75, 3.05) is 20.3 Å². The molecule has 8 heteroatoms. The van der Waals surface area contributed by atoms with Crippen LogP contribution in [-0.4, -0.2) is 41.3 Å². The highest BCUT2D eigenvalue weighted by atomic mass is 32.2. The molecule has 1 fully saturated rings. The molecule has 0 aromatic heterocycles. The quantitative estimate of drug-likeness (QED) is 0.588. The summed E-state index contributed by atoms with van der Waals surface area (Å²) in [5.74, 6) is 0.210. The Morgan fingerprint density at radius 2 is 2.17 bits per heavy atom. The summed E-state index contributed by atoms with van der Waals surface area (Å²) in [6.07, 6.45) is 2.61. The van der Waals surface area contributed by atoms with E-state index in [2.05, 4.69) is 0 Å². The van der Waals surface area contributed by atoms with Gasteiger partial charge in [0.05, 0.1) is 12.0 Å². The lowest BCUT2D eigenvalue weighted by Crippen LogP contribution is -2.28. The van der Waals surface area contributed by atoms with E-state index in [1.807, 2.05) is 6.92 Å². The van der Waals surface area contributed by atoms with Crippen LogP contribution in [0.15, 0.2) is 23.1 Å². The van der Waals surface area contributed by atoms with Gasteiger partial charge in [-0.05, 0) is 30.2 Å². The van der Waals surface area contributed by atoms with Gasteiger partial charge in [-0.25, -0.2) is 0 Å². The molecular formula is C16H18N2O4S2. The first-order valence-corrected chi connectivity index (χ1v) is 8.53. The third kappa shape index (κ3) is 4.27. The zero-order valence-corrected chi connectivity index (χ0v) is 15.0. The van der Waals surface area contributed by atoms with Gasteiger partial charge in [-0.2, -0.15) is 0 Å². The molecule has 0 bridgehead atoms. The molecule has 1 heterocycles. The number of ether oxygens (including phenoxy) is 2. The number of amides is 2. The summed E-state index contributed by atoms with van der Waals surface area (Å²) in [7, 11) is 1.50. The maximum Gasteiger partial charge on any atom is 0.266 e. The second kappa shape index (κ2) is 8.16. The number of thiocarbonyl (C=S) groups is 1. The molecule has 0 aliphatic carbocycles. The van der Waals surface area contributed by atoms with Gasteiger partial charge < -0.3 is 15.2 Å². The first-order valence-electron chi connectivity index (χ1n) is 7.30. The van der Waals surface area contributed by atoms with Crippen molar-refractivity contribution in [3.05, 3.63) is 28.7 Å². The molecule has 128 valence electrons. The number of nitrogens with zero attached hydrogens (tertiary/aromatic N) is 1. The number of rotatable bonds is 7. The molecule has 1 aromatic rings. The van der Waals surface area contributed by atoms with Crippen LogP contribution in [0.1, 0.15) is 18.9 Å². The minimum absolute atomic E-state index is 0.0835. The highest BCUT2D eigenvalue weighted by Crippen LogP contribution is 2.34. The Labute approximate surface area is 150 Å². The second-order valence-electron chi connectivity index (χ2n) is 5.00. The number of hydrogen-bond donors (Lipinski definition) is 1. The highest BCUT2D eigenvalue weighted by Gasteiger charge is 2.31. The molecule has 2 N–H and O–H groups in total. The molecule has 2 amide bonds. The van der Waals surface area contributed by atoms with Crippen LogP contribution in [0.25, 0.3) is 6.08 Å². The van der Waals surface area contributed by atoms with Crippen LogP contribution >= 0.6 is 24.0 Å². The van der Waals surface area contributed by atoms with Crippen LogP contribution in [0.4, 0.5) is 0 Å². The van der Waals surface area contributed by atoms with Gasteiger partial charge in [0, 0.05) is 6.54 Å². The van der Waals surface area contributed by atoms with Gasteiger partial charge in [0.25, 0.3) is 11.8 Å². The first-order chi connectivity index (χ1) is 11.5. The normalized spacial score (nSPS) is 15.9. The molecule has 2 rings (SSSR count). The molecular weight excluding hydrogens is 348 g/mol. The zero-order valence-electron chi connectivity index (χ0n) is 13.4. The van der Waals surface area contributed by atoms with Crippen molar-refractivity contribution in [1.29, 1.82) is 0 Å². The monoisotopic (exact) mass is 366 g/mol. The number of carbonyl (C=O) groups is 2. The van der Waals surface area contributed by atoms with E-state index >= 15 is 0 Å². The summed E-state index contributed by atoms with van der Waals surface area (Å²) in [4.78, 5) is 25.3. The van der Waals surface area contributed by atoms with Gasteiger partial charge in [-0.1, -0.05) is 37.0 Å². The Morgan fingerprint density at radius 3 is 2.79 bits per heavy atom. The molecule has 0 radical (unpaired) electrons. The smallest absolute Gasteiger partial charge is 0.266 e. The highest BCUT2D eigenvalue weighted by molar-refractivity contribution is 8.26. The number of carbonyl (C=O) groups excluding carboxylic acids is 2. The average Bonchev–Trinajstić information content (AvgIpc) is 2.81. The van der Waals surface area contributed by atoms with Crippen LogP contribution in [-0.2, 0) is 9.59 Å². The van der Waals surface area contributed by atoms with Crippen molar-refractivity contribution < 1.29 is 19.1 Å². The maximum atomic E-state index is 12.4. The molecule has 1 aliphatic rings. The molecule has 0 atom stereocenters. The molecule has 24 heavy (non-hydrogen) atoms. The van der Waals surface area contributed by atoms with Crippen molar-refractivity contribution in [3.8, 4) is 11.5 Å². The van der Waals surface area contributed by atoms with Gasteiger partial charge in [0.2, 0.25) is 0 Å². The fraction of sp³-hybridized carbons (Fsp3) is 0.312. The molecule has 0 spiro atoms. The standard InChI is InChI=1S/C16H18N2O4S2/c1-3-6-18-15(20)13(24-16(18)23)8-10-4-5-11(12(7-10)21-2)22-9-14(17)19/h4-5,7-8H,3,6,9H2,1-2H3,(H2,17,19). The summed E-state index contributed by atoms with van der Waals surface area (Å²) in [5.41, 5.74) is 5.84. The lowest BCUT2D eigenvalue weighted by molar-refractivity contribution is -0.122. The van der Waals surface area contributed by atoms with E-state index in [4.69, 9.17) is 27.4 Å². The SMILES string of the molecule is CCCN1C(=O)C(=Cc2ccc(OCC(N)=O)c(OC)c2)SC1=S. The fourth-order valence-electron chi connectivity index (χ4n) is 2.11. The second-order valence-corrected chi connectivity index (χ2v) is 6.67. The van der Waals surface area contributed by atoms with Crippen LogP contribution in [0.3, 0.4) is 0 Å². The average molecular weight is 366 g/mol. The summed E-state index contributed by atoms with van der Waals surface area (Å²) in [6, 6.07) is 5.16. The van der Waals surface area contributed by atoms with E-state index in [1.54, 1.807) is 29.2 Å². The molecule has 1 saturated heterocycles. The Bertz CT molecular complexity index is 703. The van der Waals surface area contributed by atoms with Gasteiger partial charge in [-0.15, -0.1) is 0 Å². The number of hydrogen-bond acceptors (Lipinski definition) is 6. The summed E-state index contributed by atoms with van der Waals surface area (Å²) in [6.45, 7) is 2.38. The molecule has 6 nitrogen and oxygen atoms in total. The topological polar surface area (TPSA) is 81.9 Å². The van der Waals surface area contributed by atoms with Gasteiger partial charge >= 0.3 is 0 Å². The van der Waals surface area contributed by atoms with Crippen molar-refractivity contribution in [1.82, 2.24) is 4.90 Å². The molecule has 1 aromatic carbocycles. The van der Waals surface area contributed by atoms with E-state index in [-0.39, 0.29) is 12.5 Å². The first kappa shape index (κ1) is 18.3.